The fourth-order valence-corrected chi connectivity index (χ4v) is 3.69. The molecule has 2 aliphatic rings. The van der Waals surface area contributed by atoms with Crippen molar-refractivity contribution in [1.82, 2.24) is 5.32 Å². The van der Waals surface area contributed by atoms with Crippen LogP contribution in [0.1, 0.15) is 39.5 Å². The van der Waals surface area contributed by atoms with E-state index in [1.807, 2.05) is 0 Å². The Morgan fingerprint density at radius 1 is 1.31 bits per heavy atom. The summed E-state index contributed by atoms with van der Waals surface area (Å²) in [4.78, 5) is 0. The molecule has 1 aliphatic carbocycles. The van der Waals surface area contributed by atoms with Crippen molar-refractivity contribution in [2.45, 2.75) is 51.6 Å². The third kappa shape index (κ3) is 2.21. The minimum absolute atomic E-state index is 0.529. The van der Waals surface area contributed by atoms with E-state index < -0.39 is 0 Å². The second kappa shape index (κ2) is 3.82. The van der Waals surface area contributed by atoms with E-state index in [4.69, 9.17) is 0 Å². The molecule has 1 unspecified atom stereocenters. The van der Waals surface area contributed by atoms with Gasteiger partial charge in [0.1, 0.15) is 0 Å². The lowest BCUT2D eigenvalue weighted by atomic mass is 9.80. The fourth-order valence-electron chi connectivity index (χ4n) is 2.07. The number of nitrogens with one attached hydrogen (secondary N) is 1. The Morgan fingerprint density at radius 3 is 2.62 bits per heavy atom. The highest BCUT2D eigenvalue weighted by Crippen LogP contribution is 2.35. The molecule has 1 atom stereocenters. The number of hydrogen-bond acceptors (Lipinski definition) is 2. The lowest BCUT2D eigenvalue weighted by Crippen LogP contribution is -2.52. The molecule has 2 rings (SSSR count). The Morgan fingerprint density at radius 2 is 2.08 bits per heavy atom. The summed E-state index contributed by atoms with van der Waals surface area (Å²) in [7, 11) is 0. The summed E-state index contributed by atoms with van der Waals surface area (Å²) in [5, 5.41) is 3.82. The molecule has 1 nitrogen and oxygen atoms in total. The summed E-state index contributed by atoms with van der Waals surface area (Å²) in [6, 6.07) is 1.61. The predicted molar refractivity (Wildman–Crippen MR) is 60.3 cm³/mol. The van der Waals surface area contributed by atoms with Crippen molar-refractivity contribution in [3.8, 4) is 0 Å². The maximum atomic E-state index is 3.82. The average Bonchev–Trinajstić information content (AvgIpc) is 1.98. The Kier molecular flexibility index (Phi) is 2.89. The van der Waals surface area contributed by atoms with Crippen LogP contribution in [0.2, 0.25) is 0 Å². The van der Waals surface area contributed by atoms with Gasteiger partial charge in [-0.15, -0.1) is 0 Å². The Labute approximate surface area is 86.0 Å². The lowest BCUT2D eigenvalue weighted by molar-refractivity contribution is 0.197. The summed E-state index contributed by atoms with van der Waals surface area (Å²) in [5.41, 5.74) is 0.529. The molecule has 0 bridgehead atoms. The second-order valence-corrected chi connectivity index (χ2v) is 6.31. The van der Waals surface area contributed by atoms with Crippen molar-refractivity contribution in [2.24, 2.45) is 5.41 Å². The minimum Gasteiger partial charge on any atom is -0.310 e. The lowest BCUT2D eigenvalue weighted by Gasteiger charge is -2.42. The number of thioether (sulfide) groups is 1. The molecule has 0 aromatic carbocycles. The van der Waals surface area contributed by atoms with Crippen LogP contribution < -0.4 is 5.32 Å². The van der Waals surface area contributed by atoms with Gasteiger partial charge < -0.3 is 5.32 Å². The molecule has 0 spiro atoms. The van der Waals surface area contributed by atoms with E-state index in [1.54, 1.807) is 0 Å². The molecular weight excluding hydrogens is 178 g/mol. The molecule has 1 heterocycles. The van der Waals surface area contributed by atoms with Gasteiger partial charge in [0.2, 0.25) is 0 Å². The molecule has 2 heteroatoms. The molecule has 0 aromatic rings. The van der Waals surface area contributed by atoms with Gasteiger partial charge >= 0.3 is 0 Å². The van der Waals surface area contributed by atoms with Gasteiger partial charge in [0, 0.05) is 17.8 Å². The minimum atomic E-state index is 0.529. The van der Waals surface area contributed by atoms with Gasteiger partial charge in [-0.3, -0.25) is 0 Å². The van der Waals surface area contributed by atoms with E-state index >= 15 is 0 Å². The van der Waals surface area contributed by atoms with Gasteiger partial charge in [-0.2, -0.15) is 11.8 Å². The fraction of sp³-hybridized carbons (Fsp3) is 1.00. The van der Waals surface area contributed by atoms with E-state index in [1.165, 1.54) is 37.2 Å². The summed E-state index contributed by atoms with van der Waals surface area (Å²) in [6.45, 7) is 4.84. The van der Waals surface area contributed by atoms with Crippen LogP contribution in [0, 0.1) is 5.41 Å². The van der Waals surface area contributed by atoms with E-state index in [2.05, 4.69) is 30.9 Å². The monoisotopic (exact) mass is 199 g/mol. The molecule has 13 heavy (non-hydrogen) atoms. The smallest absolute Gasteiger partial charge is 0.0212 e. The molecule has 1 N–H and O–H groups in total. The van der Waals surface area contributed by atoms with Crippen LogP contribution in [0.4, 0.5) is 0 Å². The van der Waals surface area contributed by atoms with Gasteiger partial charge in [0.05, 0.1) is 0 Å². The van der Waals surface area contributed by atoms with E-state index in [-0.39, 0.29) is 0 Å². The molecule has 76 valence electrons. The van der Waals surface area contributed by atoms with Gasteiger partial charge in [0.15, 0.2) is 0 Å². The van der Waals surface area contributed by atoms with Crippen LogP contribution in [-0.4, -0.2) is 23.6 Å². The van der Waals surface area contributed by atoms with Crippen LogP contribution >= 0.6 is 11.8 Å². The zero-order valence-electron chi connectivity index (χ0n) is 8.81. The molecule has 0 amide bonds. The zero-order chi connectivity index (χ0) is 9.31. The van der Waals surface area contributed by atoms with Crippen LogP contribution in [-0.2, 0) is 0 Å². The Bertz CT molecular complexity index is 175. The standard InChI is InChI=1S/C11H21NS/c1-11(2)6-7-13-8-10(11)12-9-4-3-5-9/h9-10,12H,3-8H2,1-2H3. The molecular formula is C11H21NS. The third-order valence-electron chi connectivity index (χ3n) is 3.66. The quantitative estimate of drug-likeness (QED) is 0.734. The first-order chi connectivity index (χ1) is 6.18. The van der Waals surface area contributed by atoms with Crippen molar-refractivity contribution >= 4 is 11.8 Å². The highest BCUT2D eigenvalue weighted by molar-refractivity contribution is 7.99. The van der Waals surface area contributed by atoms with E-state index in [9.17, 15) is 0 Å². The largest absolute Gasteiger partial charge is 0.310 e. The van der Waals surface area contributed by atoms with Crippen molar-refractivity contribution in [2.75, 3.05) is 11.5 Å². The van der Waals surface area contributed by atoms with Crippen LogP contribution in [0.25, 0.3) is 0 Å². The molecule has 1 aliphatic heterocycles. The Hall–Kier alpha value is 0.310. The van der Waals surface area contributed by atoms with Gasteiger partial charge in [0.25, 0.3) is 0 Å². The average molecular weight is 199 g/mol. The van der Waals surface area contributed by atoms with E-state index in [0.29, 0.717) is 5.41 Å². The molecule has 0 radical (unpaired) electrons. The summed E-state index contributed by atoms with van der Waals surface area (Å²) >= 11 is 2.12. The molecule has 1 saturated carbocycles. The van der Waals surface area contributed by atoms with Gasteiger partial charge in [-0.1, -0.05) is 20.3 Å². The Balaban J connectivity index is 1.87. The third-order valence-corrected chi connectivity index (χ3v) is 4.72. The predicted octanol–water partition coefficient (Wildman–Crippen LogP) is 2.66. The normalized spacial score (nSPS) is 34.2. The SMILES string of the molecule is CC1(C)CCSCC1NC1CCC1. The molecule has 1 saturated heterocycles. The molecule has 0 aromatic heterocycles. The highest BCUT2D eigenvalue weighted by atomic mass is 32.2. The zero-order valence-corrected chi connectivity index (χ0v) is 9.62. The van der Waals surface area contributed by atoms with Gasteiger partial charge in [-0.25, -0.2) is 0 Å². The second-order valence-electron chi connectivity index (χ2n) is 5.16. The first kappa shape index (κ1) is 9.85. The van der Waals surface area contributed by atoms with Crippen LogP contribution in [0.15, 0.2) is 0 Å². The first-order valence-electron chi connectivity index (χ1n) is 5.52. The van der Waals surface area contributed by atoms with Crippen molar-refractivity contribution in [3.05, 3.63) is 0 Å². The van der Waals surface area contributed by atoms with Crippen molar-refractivity contribution < 1.29 is 0 Å². The van der Waals surface area contributed by atoms with Crippen LogP contribution in [0.3, 0.4) is 0 Å². The maximum Gasteiger partial charge on any atom is 0.0212 e. The molecule has 2 fully saturated rings. The summed E-state index contributed by atoms with van der Waals surface area (Å²) < 4.78 is 0. The summed E-state index contributed by atoms with van der Waals surface area (Å²) in [5.74, 6) is 2.68. The van der Waals surface area contributed by atoms with E-state index in [0.717, 1.165) is 12.1 Å². The van der Waals surface area contributed by atoms with Crippen molar-refractivity contribution in [1.29, 1.82) is 0 Å². The van der Waals surface area contributed by atoms with Crippen LogP contribution in [0.5, 0.6) is 0 Å². The number of rotatable bonds is 2. The number of hydrogen-bond donors (Lipinski definition) is 1. The maximum absolute atomic E-state index is 3.82. The topological polar surface area (TPSA) is 12.0 Å². The highest BCUT2D eigenvalue weighted by Gasteiger charge is 2.34. The summed E-state index contributed by atoms with van der Waals surface area (Å²) in [6.07, 6.45) is 5.65. The van der Waals surface area contributed by atoms with Gasteiger partial charge in [-0.05, 0) is 30.4 Å². The van der Waals surface area contributed by atoms with Crippen molar-refractivity contribution in [3.63, 3.8) is 0 Å². The first-order valence-corrected chi connectivity index (χ1v) is 6.68.